The van der Waals surface area contributed by atoms with E-state index in [0.717, 1.165) is 5.56 Å². The minimum atomic E-state index is -0.362. The third kappa shape index (κ3) is 5.11. The van der Waals surface area contributed by atoms with E-state index in [-0.39, 0.29) is 11.0 Å². The maximum Gasteiger partial charge on any atom is 0.250 e. The third-order valence-corrected chi connectivity index (χ3v) is 3.31. The average molecular weight is 352 g/mol. The molecule has 0 saturated heterocycles. The Labute approximate surface area is 143 Å². The number of aromatic nitrogens is 1. The van der Waals surface area contributed by atoms with Gasteiger partial charge in [0, 0.05) is 11.1 Å². The van der Waals surface area contributed by atoms with Crippen molar-refractivity contribution in [3.05, 3.63) is 64.4 Å². The van der Waals surface area contributed by atoms with Crippen molar-refractivity contribution in [1.82, 2.24) is 10.3 Å². The summed E-state index contributed by atoms with van der Waals surface area (Å²) in [6, 6.07) is 10.5. The van der Waals surface area contributed by atoms with Crippen molar-refractivity contribution in [2.45, 2.75) is 0 Å². The number of thiocarbonyl (C=S) groups is 1. The molecule has 2 rings (SSSR count). The zero-order valence-corrected chi connectivity index (χ0v) is 13.5. The first-order valence-electron chi connectivity index (χ1n) is 6.21. The predicted molar refractivity (Wildman–Crippen MR) is 94.1 cm³/mol. The summed E-state index contributed by atoms with van der Waals surface area (Å²) in [6.45, 7) is 0. The van der Waals surface area contributed by atoms with Gasteiger partial charge in [0.2, 0.25) is 5.91 Å². The first kappa shape index (κ1) is 16.4. The molecule has 0 saturated carbocycles. The highest BCUT2D eigenvalue weighted by molar-refractivity contribution is 7.80. The van der Waals surface area contributed by atoms with Crippen LogP contribution in [0.15, 0.2) is 48.7 Å². The van der Waals surface area contributed by atoms with E-state index in [1.807, 2.05) is 18.2 Å². The molecule has 2 N–H and O–H groups in total. The number of pyridine rings is 1. The van der Waals surface area contributed by atoms with Crippen LogP contribution in [0.2, 0.25) is 10.2 Å². The van der Waals surface area contributed by atoms with Crippen LogP contribution < -0.4 is 10.6 Å². The van der Waals surface area contributed by atoms with Crippen LogP contribution in [0, 0.1) is 0 Å². The summed E-state index contributed by atoms with van der Waals surface area (Å²) in [5.41, 5.74) is 1.38. The fourth-order valence-electron chi connectivity index (χ4n) is 1.54. The highest BCUT2D eigenvalue weighted by atomic mass is 35.5. The fraction of sp³-hybridized carbons (Fsp3) is 0. The second kappa shape index (κ2) is 7.89. The molecule has 0 aliphatic heterocycles. The predicted octanol–water partition coefficient (Wildman–Crippen LogP) is 3.91. The number of carbonyl (C=O) groups is 1. The van der Waals surface area contributed by atoms with Crippen LogP contribution in [-0.4, -0.2) is 16.0 Å². The number of rotatable bonds is 3. The van der Waals surface area contributed by atoms with E-state index >= 15 is 0 Å². The van der Waals surface area contributed by atoms with Crippen molar-refractivity contribution < 1.29 is 4.79 Å². The lowest BCUT2D eigenvalue weighted by atomic mass is 10.2. The molecule has 0 spiro atoms. The highest BCUT2D eigenvalue weighted by Crippen LogP contribution is 2.16. The van der Waals surface area contributed by atoms with Gasteiger partial charge in [0.25, 0.3) is 0 Å². The smallest absolute Gasteiger partial charge is 0.250 e. The largest absolute Gasteiger partial charge is 0.331 e. The molecule has 0 radical (unpaired) electrons. The monoisotopic (exact) mass is 351 g/mol. The van der Waals surface area contributed by atoms with Gasteiger partial charge in [-0.1, -0.05) is 41.4 Å². The maximum atomic E-state index is 11.8. The van der Waals surface area contributed by atoms with E-state index in [4.69, 9.17) is 35.4 Å². The lowest BCUT2D eigenvalue weighted by Crippen LogP contribution is -2.32. The molecule has 1 aromatic heterocycles. The number of benzene rings is 1. The van der Waals surface area contributed by atoms with Gasteiger partial charge in [0.05, 0.1) is 11.9 Å². The average Bonchev–Trinajstić information content (AvgIpc) is 2.49. The van der Waals surface area contributed by atoms with Crippen LogP contribution in [0.1, 0.15) is 5.56 Å². The highest BCUT2D eigenvalue weighted by Gasteiger charge is 2.02. The van der Waals surface area contributed by atoms with Crippen molar-refractivity contribution in [3.8, 4) is 0 Å². The van der Waals surface area contributed by atoms with Gasteiger partial charge in [0.15, 0.2) is 5.11 Å². The molecule has 0 bridgehead atoms. The van der Waals surface area contributed by atoms with E-state index in [1.54, 1.807) is 24.3 Å². The second-order valence-corrected chi connectivity index (χ2v) is 5.37. The van der Waals surface area contributed by atoms with Crippen molar-refractivity contribution in [3.63, 3.8) is 0 Å². The molecule has 0 fully saturated rings. The summed E-state index contributed by atoms with van der Waals surface area (Å²) < 4.78 is 0. The molecule has 1 aromatic carbocycles. The lowest BCUT2D eigenvalue weighted by Gasteiger charge is -2.07. The summed E-state index contributed by atoms with van der Waals surface area (Å²) in [5, 5.41) is 6.46. The standard InChI is InChI=1S/C15H11Cl2N3OS/c16-12-4-2-1-3-10(12)5-8-14(21)20-15(22)19-11-6-7-13(17)18-9-11/h1-9H,(H2,19,20,21,22)/b8-5+. The minimum Gasteiger partial charge on any atom is -0.331 e. The Kier molecular flexibility index (Phi) is 5.89. The van der Waals surface area contributed by atoms with Gasteiger partial charge >= 0.3 is 0 Å². The van der Waals surface area contributed by atoms with E-state index in [0.29, 0.717) is 15.9 Å². The number of nitrogens with one attached hydrogen (secondary N) is 2. The van der Waals surface area contributed by atoms with Gasteiger partial charge in [-0.05, 0) is 42.1 Å². The Morgan fingerprint density at radius 1 is 1.18 bits per heavy atom. The van der Waals surface area contributed by atoms with Gasteiger partial charge in [-0.2, -0.15) is 0 Å². The Morgan fingerprint density at radius 3 is 2.64 bits per heavy atom. The van der Waals surface area contributed by atoms with E-state index in [9.17, 15) is 4.79 Å². The number of anilines is 1. The number of hydrogen-bond acceptors (Lipinski definition) is 3. The molecule has 0 aliphatic rings. The first-order chi connectivity index (χ1) is 10.5. The molecule has 112 valence electrons. The normalized spacial score (nSPS) is 10.5. The number of carbonyl (C=O) groups excluding carboxylic acids is 1. The molecular formula is C15H11Cl2N3OS. The molecule has 0 atom stereocenters. The zero-order valence-electron chi connectivity index (χ0n) is 11.2. The molecule has 4 nitrogen and oxygen atoms in total. The van der Waals surface area contributed by atoms with Gasteiger partial charge in [-0.3, -0.25) is 10.1 Å². The second-order valence-electron chi connectivity index (χ2n) is 4.17. The summed E-state index contributed by atoms with van der Waals surface area (Å²) in [4.78, 5) is 15.7. The summed E-state index contributed by atoms with van der Waals surface area (Å²) in [7, 11) is 0. The fourth-order valence-corrected chi connectivity index (χ4v) is 2.07. The molecule has 22 heavy (non-hydrogen) atoms. The van der Waals surface area contributed by atoms with Crippen LogP contribution in [0.4, 0.5) is 5.69 Å². The minimum absolute atomic E-state index is 0.165. The van der Waals surface area contributed by atoms with E-state index < -0.39 is 0 Å². The Hall–Kier alpha value is -1.95. The van der Waals surface area contributed by atoms with Crippen LogP contribution in [0.25, 0.3) is 6.08 Å². The quantitative estimate of drug-likeness (QED) is 0.500. The Bertz CT molecular complexity index is 717. The molecule has 1 heterocycles. The van der Waals surface area contributed by atoms with Crippen LogP contribution in [0.3, 0.4) is 0 Å². The van der Waals surface area contributed by atoms with Gasteiger partial charge < -0.3 is 5.32 Å². The van der Waals surface area contributed by atoms with Crippen molar-refractivity contribution in [2.75, 3.05) is 5.32 Å². The summed E-state index contributed by atoms with van der Waals surface area (Å²) in [6.07, 6.45) is 4.49. The molecule has 0 aliphatic carbocycles. The van der Waals surface area contributed by atoms with E-state index in [2.05, 4.69) is 15.6 Å². The summed E-state index contributed by atoms with van der Waals surface area (Å²) >= 11 is 16.7. The van der Waals surface area contributed by atoms with Gasteiger partial charge in [-0.15, -0.1) is 0 Å². The topological polar surface area (TPSA) is 54.0 Å². The van der Waals surface area contributed by atoms with Crippen LogP contribution >= 0.6 is 35.4 Å². The van der Waals surface area contributed by atoms with E-state index in [1.165, 1.54) is 12.3 Å². The molecule has 2 aromatic rings. The number of hydrogen-bond donors (Lipinski definition) is 2. The molecule has 0 unspecified atom stereocenters. The van der Waals surface area contributed by atoms with Crippen LogP contribution in [-0.2, 0) is 4.79 Å². The lowest BCUT2D eigenvalue weighted by molar-refractivity contribution is -0.115. The molecule has 7 heteroatoms. The Morgan fingerprint density at radius 2 is 1.95 bits per heavy atom. The van der Waals surface area contributed by atoms with Crippen molar-refractivity contribution in [1.29, 1.82) is 0 Å². The van der Waals surface area contributed by atoms with Gasteiger partial charge in [-0.25, -0.2) is 4.98 Å². The number of halogens is 2. The van der Waals surface area contributed by atoms with Crippen molar-refractivity contribution >= 4 is 58.2 Å². The third-order valence-electron chi connectivity index (χ3n) is 2.54. The molecule has 1 amide bonds. The number of amides is 1. The zero-order chi connectivity index (χ0) is 15.9. The van der Waals surface area contributed by atoms with Crippen molar-refractivity contribution in [2.24, 2.45) is 0 Å². The maximum absolute atomic E-state index is 11.8. The number of nitrogens with zero attached hydrogens (tertiary/aromatic N) is 1. The van der Waals surface area contributed by atoms with Crippen LogP contribution in [0.5, 0.6) is 0 Å². The molecular weight excluding hydrogens is 341 g/mol. The first-order valence-corrected chi connectivity index (χ1v) is 7.37. The Balaban J connectivity index is 1.90. The SMILES string of the molecule is O=C(/C=C/c1ccccc1Cl)NC(=S)Nc1ccc(Cl)nc1. The van der Waals surface area contributed by atoms with Gasteiger partial charge in [0.1, 0.15) is 5.15 Å². The summed E-state index contributed by atoms with van der Waals surface area (Å²) in [5.74, 6) is -0.362.